The minimum Gasteiger partial charge on any atom is -0.497 e. The quantitative estimate of drug-likeness (QED) is 0.895. The molecule has 3 unspecified atom stereocenters. The van der Waals surface area contributed by atoms with Crippen molar-refractivity contribution in [2.75, 3.05) is 20.2 Å². The first kappa shape index (κ1) is 15.3. The topological polar surface area (TPSA) is 24.5 Å². The number of nitrogens with one attached hydrogen (secondary N) is 1. The molecule has 0 radical (unpaired) electrons. The summed E-state index contributed by atoms with van der Waals surface area (Å²) in [6, 6.07) is 9.74. The molecular weight excluding hydrogens is 248 g/mol. The Hall–Kier alpha value is -1.06. The number of nitrogens with zero attached hydrogens (tertiary/aromatic N) is 1. The second-order valence-corrected chi connectivity index (χ2v) is 5.87. The second kappa shape index (κ2) is 7.09. The van der Waals surface area contributed by atoms with E-state index in [2.05, 4.69) is 55.3 Å². The molecule has 1 fully saturated rings. The van der Waals surface area contributed by atoms with Crippen molar-refractivity contribution in [3.63, 3.8) is 0 Å². The summed E-state index contributed by atoms with van der Waals surface area (Å²) in [6.45, 7) is 10.2. The average Bonchev–Trinajstić information content (AvgIpc) is 2.48. The van der Waals surface area contributed by atoms with Crippen molar-refractivity contribution in [2.45, 2.75) is 45.8 Å². The maximum atomic E-state index is 5.22. The van der Waals surface area contributed by atoms with Crippen molar-refractivity contribution in [1.82, 2.24) is 10.2 Å². The van der Waals surface area contributed by atoms with Gasteiger partial charge in [0, 0.05) is 25.2 Å². The highest BCUT2D eigenvalue weighted by molar-refractivity contribution is 5.27. The first-order valence-electron chi connectivity index (χ1n) is 7.76. The smallest absolute Gasteiger partial charge is 0.118 e. The predicted octanol–water partition coefficient (Wildman–Crippen LogP) is 2.90. The number of hydrogen-bond acceptors (Lipinski definition) is 3. The number of ether oxygens (including phenoxy) is 1. The molecule has 20 heavy (non-hydrogen) atoms. The monoisotopic (exact) mass is 276 g/mol. The van der Waals surface area contributed by atoms with Gasteiger partial charge in [0.2, 0.25) is 0 Å². The summed E-state index contributed by atoms with van der Waals surface area (Å²) in [6.07, 6.45) is 1.25. The third kappa shape index (κ3) is 3.53. The van der Waals surface area contributed by atoms with E-state index >= 15 is 0 Å². The number of methoxy groups -OCH3 is 1. The Morgan fingerprint density at radius 1 is 1.25 bits per heavy atom. The first-order chi connectivity index (χ1) is 9.65. The fraction of sp³-hybridized carbons (Fsp3) is 0.647. The van der Waals surface area contributed by atoms with Gasteiger partial charge in [-0.2, -0.15) is 0 Å². The van der Waals surface area contributed by atoms with E-state index in [0.29, 0.717) is 18.0 Å². The molecule has 2 rings (SSSR count). The Labute approximate surface area is 123 Å². The number of rotatable bonds is 5. The molecule has 1 aromatic rings. The van der Waals surface area contributed by atoms with Crippen LogP contribution in [0, 0.1) is 5.92 Å². The summed E-state index contributed by atoms with van der Waals surface area (Å²) < 4.78 is 5.22. The van der Waals surface area contributed by atoms with Gasteiger partial charge in [0.1, 0.15) is 5.75 Å². The second-order valence-electron chi connectivity index (χ2n) is 5.87. The summed E-state index contributed by atoms with van der Waals surface area (Å²) in [5.41, 5.74) is 1.37. The van der Waals surface area contributed by atoms with Gasteiger partial charge >= 0.3 is 0 Å². The minimum absolute atomic E-state index is 0.620. The zero-order valence-corrected chi connectivity index (χ0v) is 13.2. The van der Waals surface area contributed by atoms with E-state index in [1.165, 1.54) is 18.5 Å². The fourth-order valence-corrected chi connectivity index (χ4v) is 3.18. The van der Waals surface area contributed by atoms with Gasteiger partial charge in [0.05, 0.1) is 7.11 Å². The minimum atomic E-state index is 0.620. The predicted molar refractivity (Wildman–Crippen MR) is 84.1 cm³/mol. The molecule has 0 amide bonds. The van der Waals surface area contributed by atoms with Crippen LogP contribution in [0.25, 0.3) is 0 Å². The number of piperidine rings is 1. The van der Waals surface area contributed by atoms with E-state index in [1.807, 2.05) is 0 Å². The molecule has 3 atom stereocenters. The van der Waals surface area contributed by atoms with Crippen molar-refractivity contribution in [3.8, 4) is 5.75 Å². The van der Waals surface area contributed by atoms with Crippen LogP contribution in [-0.4, -0.2) is 37.2 Å². The van der Waals surface area contributed by atoms with Crippen LogP contribution in [0.3, 0.4) is 0 Å². The zero-order valence-electron chi connectivity index (χ0n) is 13.2. The lowest BCUT2D eigenvalue weighted by Crippen LogP contribution is -2.52. The molecule has 1 heterocycles. The lowest BCUT2D eigenvalue weighted by Gasteiger charge is -2.43. The van der Waals surface area contributed by atoms with Crippen LogP contribution >= 0.6 is 0 Å². The summed E-state index contributed by atoms with van der Waals surface area (Å²) >= 11 is 0. The average molecular weight is 276 g/mol. The lowest BCUT2D eigenvalue weighted by molar-refractivity contribution is 0.0790. The van der Waals surface area contributed by atoms with E-state index in [4.69, 9.17) is 4.74 Å². The van der Waals surface area contributed by atoms with Gasteiger partial charge < -0.3 is 10.1 Å². The third-order valence-electron chi connectivity index (χ3n) is 4.71. The summed E-state index contributed by atoms with van der Waals surface area (Å²) in [5.74, 6) is 1.63. The molecule has 0 bridgehead atoms. The van der Waals surface area contributed by atoms with Crippen molar-refractivity contribution < 1.29 is 4.74 Å². The number of hydrogen-bond donors (Lipinski definition) is 1. The van der Waals surface area contributed by atoms with Crippen molar-refractivity contribution in [1.29, 1.82) is 0 Å². The van der Waals surface area contributed by atoms with Gasteiger partial charge in [-0.25, -0.2) is 0 Å². The zero-order chi connectivity index (χ0) is 14.5. The van der Waals surface area contributed by atoms with Gasteiger partial charge in [-0.3, -0.25) is 4.90 Å². The molecule has 0 spiro atoms. The lowest BCUT2D eigenvalue weighted by atomic mass is 9.86. The van der Waals surface area contributed by atoms with Gasteiger partial charge in [0.25, 0.3) is 0 Å². The molecule has 0 saturated carbocycles. The van der Waals surface area contributed by atoms with Crippen molar-refractivity contribution in [2.24, 2.45) is 5.92 Å². The van der Waals surface area contributed by atoms with E-state index in [1.54, 1.807) is 7.11 Å². The number of likely N-dealkylation sites (tertiary alicyclic amines) is 1. The highest BCUT2D eigenvalue weighted by Gasteiger charge is 2.31. The maximum absolute atomic E-state index is 5.22. The van der Waals surface area contributed by atoms with Gasteiger partial charge in [-0.15, -0.1) is 0 Å². The Morgan fingerprint density at radius 3 is 2.55 bits per heavy atom. The summed E-state index contributed by atoms with van der Waals surface area (Å²) in [4.78, 5) is 2.60. The van der Waals surface area contributed by atoms with Crippen LogP contribution in [-0.2, 0) is 6.54 Å². The van der Waals surface area contributed by atoms with Crippen molar-refractivity contribution in [3.05, 3.63) is 29.8 Å². The Morgan fingerprint density at radius 2 is 1.95 bits per heavy atom. The molecule has 1 saturated heterocycles. The highest BCUT2D eigenvalue weighted by Crippen LogP contribution is 2.25. The van der Waals surface area contributed by atoms with Crippen LogP contribution in [0.15, 0.2) is 24.3 Å². The third-order valence-corrected chi connectivity index (χ3v) is 4.71. The molecule has 1 N–H and O–H groups in total. The van der Waals surface area contributed by atoms with E-state index in [9.17, 15) is 0 Å². The number of benzene rings is 1. The van der Waals surface area contributed by atoms with E-state index in [-0.39, 0.29) is 0 Å². The van der Waals surface area contributed by atoms with Crippen LogP contribution in [0.5, 0.6) is 5.75 Å². The highest BCUT2D eigenvalue weighted by atomic mass is 16.5. The van der Waals surface area contributed by atoms with Gasteiger partial charge in [-0.1, -0.05) is 26.0 Å². The van der Waals surface area contributed by atoms with E-state index < -0.39 is 0 Å². The standard InChI is InChI=1S/C17H28N2O/c1-5-18-17-10-11-19(14(3)13(17)2)12-15-6-8-16(20-4)9-7-15/h6-9,13-14,17-18H,5,10-12H2,1-4H3. The van der Waals surface area contributed by atoms with Crippen LogP contribution in [0.1, 0.15) is 32.8 Å². The Balaban J connectivity index is 1.96. The molecule has 1 aromatic carbocycles. The Kier molecular flexibility index (Phi) is 5.44. The molecule has 1 aliphatic heterocycles. The summed E-state index contributed by atoms with van der Waals surface area (Å²) in [7, 11) is 1.71. The maximum Gasteiger partial charge on any atom is 0.118 e. The molecule has 3 heteroatoms. The van der Waals surface area contributed by atoms with Crippen LogP contribution < -0.4 is 10.1 Å². The SMILES string of the molecule is CCNC1CCN(Cc2ccc(OC)cc2)C(C)C1C. The summed E-state index contributed by atoms with van der Waals surface area (Å²) in [5, 5.41) is 3.62. The molecule has 112 valence electrons. The molecule has 3 nitrogen and oxygen atoms in total. The van der Waals surface area contributed by atoms with Gasteiger partial charge in [-0.05, 0) is 43.5 Å². The molecule has 0 aromatic heterocycles. The molecule has 1 aliphatic rings. The Bertz CT molecular complexity index is 404. The van der Waals surface area contributed by atoms with Crippen LogP contribution in [0.2, 0.25) is 0 Å². The first-order valence-corrected chi connectivity index (χ1v) is 7.76. The van der Waals surface area contributed by atoms with E-state index in [0.717, 1.165) is 18.8 Å². The van der Waals surface area contributed by atoms with Crippen molar-refractivity contribution >= 4 is 0 Å². The van der Waals surface area contributed by atoms with Gasteiger partial charge in [0.15, 0.2) is 0 Å². The largest absolute Gasteiger partial charge is 0.497 e. The normalized spacial score (nSPS) is 27.5. The molecular formula is C17H28N2O. The molecule has 0 aliphatic carbocycles. The fourth-order valence-electron chi connectivity index (χ4n) is 3.18. The van der Waals surface area contributed by atoms with Crippen LogP contribution in [0.4, 0.5) is 0 Å².